The molecule has 0 radical (unpaired) electrons. The molecule has 4 nitrogen and oxygen atoms in total. The van der Waals surface area contributed by atoms with Crippen molar-refractivity contribution in [2.45, 2.75) is 19.8 Å². The number of fused-ring (bicyclic) bond motifs is 1. The average molecular weight is 421 g/mol. The molecule has 1 fully saturated rings. The molecule has 2 aliphatic heterocycles. The molecule has 1 atom stereocenters. The third-order valence-corrected chi connectivity index (χ3v) is 6.25. The van der Waals surface area contributed by atoms with E-state index in [1.807, 2.05) is 24.4 Å². The molecule has 0 amide bonds. The van der Waals surface area contributed by atoms with E-state index in [1.54, 1.807) is 12.1 Å². The van der Waals surface area contributed by atoms with Crippen LogP contribution in [0.25, 0.3) is 16.6 Å². The van der Waals surface area contributed by atoms with E-state index in [0.717, 1.165) is 47.0 Å². The van der Waals surface area contributed by atoms with Crippen LogP contribution in [0.4, 0.5) is 10.1 Å². The fourth-order valence-electron chi connectivity index (χ4n) is 4.26. The Morgan fingerprint density at radius 1 is 1.17 bits per heavy atom. The van der Waals surface area contributed by atoms with E-state index in [2.05, 4.69) is 27.9 Å². The number of hydrogen-bond acceptors (Lipinski definition) is 4. The number of hydrogen-bond donors (Lipinski definition) is 0. The van der Waals surface area contributed by atoms with E-state index < -0.39 is 0 Å². The van der Waals surface area contributed by atoms with Gasteiger partial charge in [-0.25, -0.2) is 9.37 Å². The Bertz CT molecular complexity index is 1190. The number of pyridine rings is 2. The molecule has 1 unspecified atom stereocenters. The first-order valence-electron chi connectivity index (χ1n) is 10.3. The second kappa shape index (κ2) is 7.80. The highest BCUT2D eigenvalue weighted by atomic mass is 35.5. The number of allylic oxidation sites excluding steroid dienone is 1. The summed E-state index contributed by atoms with van der Waals surface area (Å²) >= 11 is 6.10. The second-order valence-electron chi connectivity index (χ2n) is 7.87. The monoisotopic (exact) mass is 420 g/mol. The lowest BCUT2D eigenvalue weighted by atomic mass is 9.99. The van der Waals surface area contributed by atoms with Crippen LogP contribution in [0.5, 0.6) is 0 Å². The van der Waals surface area contributed by atoms with E-state index in [0.29, 0.717) is 22.8 Å². The molecule has 0 aliphatic carbocycles. The molecular weight excluding hydrogens is 399 g/mol. The third kappa shape index (κ3) is 3.47. The van der Waals surface area contributed by atoms with E-state index >= 15 is 0 Å². The number of halogens is 2. The van der Waals surface area contributed by atoms with Gasteiger partial charge in [0, 0.05) is 29.2 Å². The lowest BCUT2D eigenvalue weighted by molar-refractivity contribution is 0.569. The van der Waals surface area contributed by atoms with Gasteiger partial charge in [-0.05, 0) is 48.7 Å². The van der Waals surface area contributed by atoms with Crippen LogP contribution < -0.4 is 4.90 Å². The fraction of sp³-hybridized carbons (Fsp3) is 0.292. The zero-order chi connectivity index (χ0) is 20.7. The number of rotatable bonds is 4. The maximum Gasteiger partial charge on any atom is 0.132 e. The molecule has 6 heteroatoms. The minimum atomic E-state index is -0.338. The summed E-state index contributed by atoms with van der Waals surface area (Å²) in [6.45, 7) is 4.87. The van der Waals surface area contributed by atoms with Crippen LogP contribution in [-0.4, -0.2) is 35.3 Å². The van der Waals surface area contributed by atoms with Gasteiger partial charge in [-0.3, -0.25) is 9.98 Å². The summed E-state index contributed by atoms with van der Waals surface area (Å²) in [6.07, 6.45) is 6.34. The molecular formula is C24H22ClFN4. The Balaban J connectivity index is 1.50. The Morgan fingerprint density at radius 3 is 2.90 bits per heavy atom. The number of aromatic nitrogens is 2. The number of benzene rings is 1. The van der Waals surface area contributed by atoms with Crippen molar-refractivity contribution in [1.82, 2.24) is 9.97 Å². The van der Waals surface area contributed by atoms with Crippen molar-refractivity contribution in [1.29, 1.82) is 0 Å². The van der Waals surface area contributed by atoms with Crippen LogP contribution in [0.1, 0.15) is 31.0 Å². The summed E-state index contributed by atoms with van der Waals surface area (Å²) in [7, 11) is 0. The van der Waals surface area contributed by atoms with Crippen LogP contribution in [0, 0.1) is 11.7 Å². The predicted octanol–water partition coefficient (Wildman–Crippen LogP) is 5.54. The van der Waals surface area contributed by atoms with Crippen molar-refractivity contribution in [3.05, 3.63) is 70.8 Å². The summed E-state index contributed by atoms with van der Waals surface area (Å²) < 4.78 is 14.4. The maximum absolute atomic E-state index is 14.4. The molecule has 0 saturated carbocycles. The van der Waals surface area contributed by atoms with Crippen LogP contribution in [-0.2, 0) is 0 Å². The molecule has 3 aromatic rings. The first-order chi connectivity index (χ1) is 14.6. The molecule has 30 heavy (non-hydrogen) atoms. The normalized spacial score (nSPS) is 18.8. The molecule has 1 aromatic carbocycles. The van der Waals surface area contributed by atoms with Gasteiger partial charge in [-0.2, -0.15) is 0 Å². The highest BCUT2D eigenvalue weighted by Crippen LogP contribution is 2.30. The topological polar surface area (TPSA) is 41.4 Å². The highest BCUT2D eigenvalue weighted by molar-refractivity contribution is 6.35. The lowest BCUT2D eigenvalue weighted by Crippen LogP contribution is -2.19. The summed E-state index contributed by atoms with van der Waals surface area (Å²) in [6, 6.07) is 10.5. The Hall–Kier alpha value is -2.79. The molecule has 2 aromatic heterocycles. The van der Waals surface area contributed by atoms with Crippen molar-refractivity contribution in [3.8, 4) is 0 Å². The molecule has 4 heterocycles. The molecule has 0 bridgehead atoms. The van der Waals surface area contributed by atoms with Gasteiger partial charge in [0.1, 0.15) is 5.82 Å². The van der Waals surface area contributed by atoms with E-state index in [9.17, 15) is 4.39 Å². The van der Waals surface area contributed by atoms with Gasteiger partial charge in [-0.15, -0.1) is 0 Å². The van der Waals surface area contributed by atoms with Crippen LogP contribution >= 0.6 is 11.6 Å². The number of anilines is 1. The minimum Gasteiger partial charge on any atom is -0.370 e. The second-order valence-corrected chi connectivity index (χ2v) is 8.30. The summed E-state index contributed by atoms with van der Waals surface area (Å²) in [5, 5.41) is 0.483. The molecule has 5 rings (SSSR count). The Labute approximate surface area is 180 Å². The zero-order valence-electron chi connectivity index (χ0n) is 16.8. The van der Waals surface area contributed by atoms with Gasteiger partial charge in [-0.1, -0.05) is 31.0 Å². The van der Waals surface area contributed by atoms with Crippen LogP contribution in [0.2, 0.25) is 5.02 Å². The standard InChI is InChI=1S/C24H22ClFN4/c1-2-15-8-10-30(14-15)17-12-23-22(28-13-17)6-5-21(29-23)18-7-9-27-24(18)19-11-16(25)3-4-20(19)26/h3-7,11-13,15H,2,8-10,14H2,1H3. The van der Waals surface area contributed by atoms with Crippen molar-refractivity contribution in [2.24, 2.45) is 10.9 Å². The third-order valence-electron chi connectivity index (χ3n) is 6.01. The Kier molecular flexibility index (Phi) is 4.99. The summed E-state index contributed by atoms with van der Waals surface area (Å²) in [5.74, 6) is 0.408. The SMILES string of the molecule is CCC1CCN(c2cnc3ccc(C4=CCN=C4c4cc(Cl)ccc4F)nc3c2)C1. The zero-order valence-corrected chi connectivity index (χ0v) is 17.5. The van der Waals surface area contributed by atoms with Crippen LogP contribution in [0.3, 0.4) is 0 Å². The Morgan fingerprint density at radius 2 is 2.07 bits per heavy atom. The fourth-order valence-corrected chi connectivity index (χ4v) is 4.44. The van der Waals surface area contributed by atoms with Crippen molar-refractivity contribution in [2.75, 3.05) is 24.5 Å². The smallest absolute Gasteiger partial charge is 0.132 e. The number of nitrogens with zero attached hydrogens (tertiary/aromatic N) is 4. The van der Waals surface area contributed by atoms with Gasteiger partial charge in [0.05, 0.1) is 40.9 Å². The van der Waals surface area contributed by atoms with Crippen molar-refractivity contribution >= 4 is 39.6 Å². The lowest BCUT2D eigenvalue weighted by Gasteiger charge is -2.18. The summed E-state index contributed by atoms with van der Waals surface area (Å²) in [5.41, 5.74) is 5.39. The molecule has 0 spiro atoms. The minimum absolute atomic E-state index is 0.338. The van der Waals surface area contributed by atoms with E-state index in [-0.39, 0.29) is 5.82 Å². The van der Waals surface area contributed by atoms with Crippen molar-refractivity contribution in [3.63, 3.8) is 0 Å². The first-order valence-corrected chi connectivity index (χ1v) is 10.7. The average Bonchev–Trinajstić information content (AvgIpc) is 3.44. The van der Waals surface area contributed by atoms with Gasteiger partial charge in [0.15, 0.2) is 0 Å². The van der Waals surface area contributed by atoms with E-state index in [4.69, 9.17) is 16.6 Å². The number of aliphatic imine (C=N–C) groups is 1. The molecule has 152 valence electrons. The van der Waals surface area contributed by atoms with E-state index in [1.165, 1.54) is 18.9 Å². The molecule has 0 N–H and O–H groups in total. The van der Waals surface area contributed by atoms with Gasteiger partial charge < -0.3 is 4.90 Å². The summed E-state index contributed by atoms with van der Waals surface area (Å²) in [4.78, 5) is 16.4. The quantitative estimate of drug-likeness (QED) is 0.556. The first kappa shape index (κ1) is 19.2. The van der Waals surface area contributed by atoms with Gasteiger partial charge in [0.2, 0.25) is 0 Å². The maximum atomic E-state index is 14.4. The predicted molar refractivity (Wildman–Crippen MR) is 121 cm³/mol. The van der Waals surface area contributed by atoms with Crippen LogP contribution in [0.15, 0.2) is 53.7 Å². The van der Waals surface area contributed by atoms with Gasteiger partial charge >= 0.3 is 0 Å². The van der Waals surface area contributed by atoms with Gasteiger partial charge in [0.25, 0.3) is 0 Å². The largest absolute Gasteiger partial charge is 0.370 e. The molecule has 2 aliphatic rings. The highest BCUT2D eigenvalue weighted by Gasteiger charge is 2.23. The van der Waals surface area contributed by atoms with Crippen molar-refractivity contribution < 1.29 is 4.39 Å². The molecule has 1 saturated heterocycles.